The largest absolute Gasteiger partial charge is 0.495 e. The molecule has 0 aliphatic heterocycles. The van der Waals surface area contributed by atoms with Gasteiger partial charge in [-0.1, -0.05) is 23.2 Å². The molecule has 1 aromatic rings. The van der Waals surface area contributed by atoms with Crippen LogP contribution in [0.4, 0.5) is 5.69 Å². The van der Waals surface area contributed by atoms with Crippen LogP contribution in [0.5, 0.6) is 5.75 Å². The number of benzene rings is 1. The van der Waals surface area contributed by atoms with Gasteiger partial charge in [-0.25, -0.2) is 0 Å². The molecule has 0 spiro atoms. The molecule has 0 unspecified atom stereocenters. The molecule has 0 amide bonds. The Morgan fingerprint density at radius 3 is 2.87 bits per heavy atom. The fraction of sp³-hybridized carbons (Fsp3) is 0.273. The quantitative estimate of drug-likeness (QED) is 0.869. The molecule has 4 heteroatoms. The van der Waals surface area contributed by atoms with Crippen molar-refractivity contribution < 1.29 is 4.74 Å². The maximum atomic E-state index is 5.89. The van der Waals surface area contributed by atoms with Gasteiger partial charge in [0.1, 0.15) is 5.75 Å². The normalized spacial score (nSPS) is 11.3. The molecule has 0 radical (unpaired) electrons. The number of anilines is 1. The zero-order valence-corrected chi connectivity index (χ0v) is 10.2. The summed E-state index contributed by atoms with van der Waals surface area (Å²) < 4.78 is 5.19. The van der Waals surface area contributed by atoms with Crippen molar-refractivity contribution in [1.82, 2.24) is 0 Å². The second-order valence-corrected chi connectivity index (χ2v) is 3.81. The van der Waals surface area contributed by atoms with Crippen molar-refractivity contribution in [1.29, 1.82) is 0 Å². The average molecular weight is 246 g/mol. The van der Waals surface area contributed by atoms with Crippen molar-refractivity contribution in [2.45, 2.75) is 6.92 Å². The summed E-state index contributed by atoms with van der Waals surface area (Å²) in [4.78, 5) is 0. The predicted octanol–water partition coefficient (Wildman–Crippen LogP) is 3.90. The predicted molar refractivity (Wildman–Crippen MR) is 66.1 cm³/mol. The van der Waals surface area contributed by atoms with E-state index in [2.05, 4.69) is 5.32 Å². The number of nitrogens with one attached hydrogen (secondary N) is 1. The minimum atomic E-state index is 0.667. The molecule has 0 aromatic heterocycles. The van der Waals surface area contributed by atoms with Gasteiger partial charge in [-0.2, -0.15) is 0 Å². The minimum Gasteiger partial charge on any atom is -0.495 e. The summed E-state index contributed by atoms with van der Waals surface area (Å²) in [6.07, 6.45) is 0. The number of ether oxygens (including phenoxy) is 1. The highest BCUT2D eigenvalue weighted by Crippen LogP contribution is 2.27. The first-order valence-corrected chi connectivity index (χ1v) is 5.32. The van der Waals surface area contributed by atoms with E-state index in [1.807, 2.05) is 19.1 Å². The molecular weight excluding hydrogens is 233 g/mol. The highest BCUT2D eigenvalue weighted by Gasteiger charge is 2.02. The van der Waals surface area contributed by atoms with Crippen LogP contribution in [0.15, 0.2) is 29.3 Å². The molecule has 0 atom stereocenters. The van der Waals surface area contributed by atoms with E-state index in [1.165, 1.54) is 0 Å². The van der Waals surface area contributed by atoms with Crippen LogP contribution in [0.25, 0.3) is 0 Å². The molecule has 1 aromatic carbocycles. The van der Waals surface area contributed by atoms with Gasteiger partial charge in [-0.3, -0.25) is 0 Å². The van der Waals surface area contributed by atoms with Crippen molar-refractivity contribution in [3.63, 3.8) is 0 Å². The number of rotatable bonds is 4. The number of hydrogen-bond donors (Lipinski definition) is 1. The third-order valence-corrected chi connectivity index (χ3v) is 2.51. The molecule has 82 valence electrons. The SMILES string of the molecule is COc1ccc(Cl)cc1NC/C(C)=C/Cl. The molecule has 0 aliphatic carbocycles. The Balaban J connectivity index is 2.78. The van der Waals surface area contributed by atoms with E-state index >= 15 is 0 Å². The Bertz CT molecular complexity index is 364. The van der Waals surface area contributed by atoms with Gasteiger partial charge in [-0.15, -0.1) is 0 Å². The average Bonchev–Trinajstić information content (AvgIpc) is 2.26. The molecule has 15 heavy (non-hydrogen) atoms. The number of halogens is 2. The van der Waals surface area contributed by atoms with E-state index in [0.717, 1.165) is 17.0 Å². The molecule has 2 nitrogen and oxygen atoms in total. The second-order valence-electron chi connectivity index (χ2n) is 3.15. The molecule has 0 saturated carbocycles. The lowest BCUT2D eigenvalue weighted by Crippen LogP contribution is -2.03. The van der Waals surface area contributed by atoms with Crippen molar-refractivity contribution in [3.8, 4) is 5.75 Å². The van der Waals surface area contributed by atoms with Crippen LogP contribution in [0.1, 0.15) is 6.92 Å². The summed E-state index contributed by atoms with van der Waals surface area (Å²) in [6.45, 7) is 2.61. The van der Waals surface area contributed by atoms with Gasteiger partial charge in [0.2, 0.25) is 0 Å². The van der Waals surface area contributed by atoms with Crippen LogP contribution in [-0.2, 0) is 0 Å². The van der Waals surface area contributed by atoms with E-state index in [4.69, 9.17) is 27.9 Å². The van der Waals surface area contributed by atoms with Gasteiger partial charge in [0.05, 0.1) is 12.8 Å². The standard InChI is InChI=1S/C11H13Cl2NO/c1-8(6-12)7-14-10-5-9(13)3-4-11(10)15-2/h3-6,14H,7H2,1-2H3/b8-6+. The van der Waals surface area contributed by atoms with E-state index in [1.54, 1.807) is 18.7 Å². The fourth-order valence-electron chi connectivity index (χ4n) is 1.09. The molecule has 0 saturated heterocycles. The summed E-state index contributed by atoms with van der Waals surface area (Å²) in [5.41, 5.74) is 3.45. The van der Waals surface area contributed by atoms with Gasteiger partial charge in [0.15, 0.2) is 0 Å². The maximum Gasteiger partial charge on any atom is 0.142 e. The lowest BCUT2D eigenvalue weighted by atomic mass is 10.2. The Hall–Kier alpha value is -0.860. The maximum absolute atomic E-state index is 5.89. The molecule has 0 aliphatic rings. The van der Waals surface area contributed by atoms with Crippen LogP contribution < -0.4 is 10.1 Å². The van der Waals surface area contributed by atoms with Gasteiger partial charge < -0.3 is 10.1 Å². The van der Waals surface area contributed by atoms with Crippen LogP contribution in [0.2, 0.25) is 5.02 Å². The highest BCUT2D eigenvalue weighted by molar-refractivity contribution is 6.30. The monoisotopic (exact) mass is 245 g/mol. The van der Waals surface area contributed by atoms with Gasteiger partial charge in [0.25, 0.3) is 0 Å². The lowest BCUT2D eigenvalue weighted by molar-refractivity contribution is 0.416. The molecule has 1 N–H and O–H groups in total. The van der Waals surface area contributed by atoms with Crippen molar-refractivity contribution in [2.75, 3.05) is 19.0 Å². The third-order valence-electron chi connectivity index (χ3n) is 1.91. The first kappa shape index (κ1) is 12.2. The Labute approximate surface area is 99.8 Å². The summed E-state index contributed by atoms with van der Waals surface area (Å²) in [6, 6.07) is 5.43. The zero-order chi connectivity index (χ0) is 11.3. The first-order valence-electron chi connectivity index (χ1n) is 4.50. The minimum absolute atomic E-state index is 0.667. The van der Waals surface area contributed by atoms with E-state index in [9.17, 15) is 0 Å². The Morgan fingerprint density at radius 2 is 2.27 bits per heavy atom. The molecule has 1 rings (SSSR count). The van der Waals surface area contributed by atoms with Gasteiger partial charge in [0, 0.05) is 17.1 Å². The first-order chi connectivity index (χ1) is 7.17. The Kier molecular flexibility index (Phi) is 4.79. The molecule has 0 fully saturated rings. The van der Waals surface area contributed by atoms with Crippen molar-refractivity contribution in [2.24, 2.45) is 0 Å². The van der Waals surface area contributed by atoms with Crippen LogP contribution in [0, 0.1) is 0 Å². The second kappa shape index (κ2) is 5.89. The lowest BCUT2D eigenvalue weighted by Gasteiger charge is -2.11. The molecule has 0 bridgehead atoms. The highest BCUT2D eigenvalue weighted by atomic mass is 35.5. The zero-order valence-electron chi connectivity index (χ0n) is 8.68. The molecular formula is C11H13Cl2NO. The van der Waals surface area contributed by atoms with E-state index in [0.29, 0.717) is 11.6 Å². The topological polar surface area (TPSA) is 21.3 Å². The van der Waals surface area contributed by atoms with E-state index < -0.39 is 0 Å². The third kappa shape index (κ3) is 3.65. The van der Waals surface area contributed by atoms with Gasteiger partial charge >= 0.3 is 0 Å². The van der Waals surface area contributed by atoms with Crippen LogP contribution >= 0.6 is 23.2 Å². The van der Waals surface area contributed by atoms with Crippen LogP contribution in [-0.4, -0.2) is 13.7 Å². The van der Waals surface area contributed by atoms with Gasteiger partial charge in [-0.05, 0) is 30.7 Å². The van der Waals surface area contributed by atoms with Crippen molar-refractivity contribution in [3.05, 3.63) is 34.3 Å². The summed E-state index contributed by atoms with van der Waals surface area (Å²) in [5.74, 6) is 0.766. The number of hydrogen-bond acceptors (Lipinski definition) is 2. The number of methoxy groups -OCH3 is 1. The summed E-state index contributed by atoms with van der Waals surface area (Å²) in [7, 11) is 1.62. The summed E-state index contributed by atoms with van der Waals surface area (Å²) >= 11 is 11.5. The fourth-order valence-corrected chi connectivity index (χ4v) is 1.34. The van der Waals surface area contributed by atoms with Crippen molar-refractivity contribution >= 4 is 28.9 Å². The van der Waals surface area contributed by atoms with E-state index in [-0.39, 0.29) is 0 Å². The smallest absolute Gasteiger partial charge is 0.142 e. The summed E-state index contributed by atoms with van der Waals surface area (Å²) in [5, 5.41) is 3.87. The Morgan fingerprint density at radius 1 is 1.53 bits per heavy atom. The molecule has 0 heterocycles. The van der Waals surface area contributed by atoms with Crippen LogP contribution in [0.3, 0.4) is 0 Å².